The van der Waals surface area contributed by atoms with Gasteiger partial charge in [-0.2, -0.15) is 0 Å². The summed E-state index contributed by atoms with van der Waals surface area (Å²) >= 11 is 0. The van der Waals surface area contributed by atoms with E-state index in [1.54, 1.807) is 4.90 Å². The van der Waals surface area contributed by atoms with Gasteiger partial charge in [0.2, 0.25) is 0 Å². The zero-order valence-corrected chi connectivity index (χ0v) is 21.1. The van der Waals surface area contributed by atoms with Gasteiger partial charge in [-0.25, -0.2) is 9.59 Å². The highest BCUT2D eigenvalue weighted by Crippen LogP contribution is 2.44. The van der Waals surface area contributed by atoms with Crippen LogP contribution in [0.1, 0.15) is 57.1 Å². The van der Waals surface area contributed by atoms with Gasteiger partial charge in [0.25, 0.3) is 0 Å². The summed E-state index contributed by atoms with van der Waals surface area (Å²) in [5.41, 5.74) is 3.30. The Morgan fingerprint density at radius 1 is 1.00 bits per heavy atom. The molecule has 0 radical (unpaired) electrons. The topological polar surface area (TPSA) is 105 Å². The zero-order chi connectivity index (χ0) is 25.9. The van der Waals surface area contributed by atoms with E-state index in [2.05, 4.69) is 29.6 Å². The molecule has 8 heteroatoms. The van der Waals surface area contributed by atoms with Crippen molar-refractivity contribution in [3.8, 4) is 11.1 Å². The molecule has 2 aromatic rings. The number of likely N-dealkylation sites (tertiary alicyclic amines) is 1. The van der Waals surface area contributed by atoms with E-state index >= 15 is 0 Å². The summed E-state index contributed by atoms with van der Waals surface area (Å²) in [7, 11) is 0. The molecule has 1 saturated heterocycles. The first-order chi connectivity index (χ1) is 17.1. The fraction of sp³-hybridized carbons (Fsp3) is 0.464. The van der Waals surface area contributed by atoms with E-state index in [1.165, 1.54) is 0 Å². The number of rotatable bonds is 6. The van der Waals surface area contributed by atoms with Gasteiger partial charge >= 0.3 is 18.2 Å². The summed E-state index contributed by atoms with van der Waals surface area (Å²) in [6.07, 6.45) is -0.185. The number of piperidine rings is 1. The molecule has 2 aromatic carbocycles. The van der Waals surface area contributed by atoms with Gasteiger partial charge < -0.3 is 24.8 Å². The average molecular weight is 495 g/mol. The Bertz CT molecular complexity index is 1090. The number of carboxylic acids is 1. The molecule has 0 saturated carbocycles. The Morgan fingerprint density at radius 3 is 2.08 bits per heavy atom. The van der Waals surface area contributed by atoms with Crippen LogP contribution in [0.5, 0.6) is 0 Å². The summed E-state index contributed by atoms with van der Waals surface area (Å²) in [5, 5.41) is 12.3. The molecule has 8 nitrogen and oxygen atoms in total. The van der Waals surface area contributed by atoms with Crippen LogP contribution in [0, 0.1) is 5.41 Å². The van der Waals surface area contributed by atoms with Gasteiger partial charge in [-0.15, -0.1) is 0 Å². The number of nitrogens with one attached hydrogen (secondary N) is 1. The first-order valence-electron chi connectivity index (χ1n) is 12.4. The van der Waals surface area contributed by atoms with Gasteiger partial charge in [0, 0.05) is 31.0 Å². The first-order valence-corrected chi connectivity index (χ1v) is 12.4. The molecular formula is C28H34N2O6. The number of amides is 2. The maximum absolute atomic E-state index is 12.7. The summed E-state index contributed by atoms with van der Waals surface area (Å²) < 4.78 is 11.0. The van der Waals surface area contributed by atoms with E-state index < -0.39 is 29.2 Å². The molecule has 192 valence electrons. The summed E-state index contributed by atoms with van der Waals surface area (Å²) in [5.74, 6) is -0.983. The molecule has 2 aliphatic rings. The van der Waals surface area contributed by atoms with Gasteiger partial charge in [-0.3, -0.25) is 4.79 Å². The maximum Gasteiger partial charge on any atom is 0.410 e. The van der Waals surface area contributed by atoms with E-state index in [4.69, 9.17) is 9.47 Å². The third kappa shape index (κ3) is 5.80. The number of alkyl carbamates (subject to hydrolysis) is 1. The van der Waals surface area contributed by atoms with Gasteiger partial charge in [-0.1, -0.05) is 48.5 Å². The van der Waals surface area contributed by atoms with Crippen molar-refractivity contribution in [3.63, 3.8) is 0 Å². The first kappa shape index (κ1) is 25.5. The lowest BCUT2D eigenvalue weighted by Gasteiger charge is -2.41. The monoisotopic (exact) mass is 494 g/mol. The highest BCUT2D eigenvalue weighted by atomic mass is 16.6. The van der Waals surface area contributed by atoms with E-state index in [0.29, 0.717) is 25.9 Å². The van der Waals surface area contributed by atoms with Crippen molar-refractivity contribution in [3.05, 3.63) is 59.7 Å². The number of hydrogen-bond donors (Lipinski definition) is 2. The number of fused-ring (bicyclic) bond motifs is 3. The number of benzene rings is 2. The number of carbonyl (C=O) groups excluding carboxylic acids is 2. The molecule has 1 heterocycles. The molecule has 0 bridgehead atoms. The molecule has 2 amide bonds. The number of hydrogen-bond acceptors (Lipinski definition) is 5. The van der Waals surface area contributed by atoms with Crippen molar-refractivity contribution in [2.75, 3.05) is 26.2 Å². The molecule has 0 spiro atoms. The Hall–Kier alpha value is -3.55. The second-order valence-corrected chi connectivity index (χ2v) is 10.7. The third-order valence-electron chi connectivity index (χ3n) is 6.95. The minimum absolute atomic E-state index is 0.0480. The lowest BCUT2D eigenvalue weighted by atomic mass is 9.75. The second-order valence-electron chi connectivity index (χ2n) is 10.7. The van der Waals surface area contributed by atoms with Crippen LogP contribution in [-0.2, 0) is 14.3 Å². The molecule has 0 unspecified atom stereocenters. The van der Waals surface area contributed by atoms with Crippen molar-refractivity contribution < 1.29 is 29.0 Å². The minimum atomic E-state index is -0.935. The molecule has 1 aliphatic heterocycles. The van der Waals surface area contributed by atoms with E-state index in [9.17, 15) is 19.5 Å². The Morgan fingerprint density at radius 2 is 1.56 bits per heavy atom. The van der Waals surface area contributed by atoms with Crippen LogP contribution in [0.15, 0.2) is 48.5 Å². The van der Waals surface area contributed by atoms with Crippen molar-refractivity contribution in [2.24, 2.45) is 5.41 Å². The summed E-state index contributed by atoms with van der Waals surface area (Å²) in [4.78, 5) is 38.3. The van der Waals surface area contributed by atoms with E-state index in [-0.39, 0.29) is 25.5 Å². The normalized spacial score (nSPS) is 16.6. The van der Waals surface area contributed by atoms with Crippen molar-refractivity contribution in [2.45, 2.75) is 51.6 Å². The van der Waals surface area contributed by atoms with Crippen LogP contribution in [-0.4, -0.2) is 60.0 Å². The van der Waals surface area contributed by atoms with Gasteiger partial charge in [-0.05, 0) is 55.9 Å². The van der Waals surface area contributed by atoms with Crippen LogP contribution in [0.2, 0.25) is 0 Å². The second kappa shape index (κ2) is 10.2. The maximum atomic E-state index is 12.7. The zero-order valence-electron chi connectivity index (χ0n) is 21.1. The molecule has 36 heavy (non-hydrogen) atoms. The number of aliphatic carboxylic acids is 1. The van der Waals surface area contributed by atoms with E-state index in [1.807, 2.05) is 45.0 Å². The van der Waals surface area contributed by atoms with Crippen LogP contribution < -0.4 is 5.32 Å². The van der Waals surface area contributed by atoms with Gasteiger partial charge in [0.05, 0.1) is 6.42 Å². The molecule has 1 fully saturated rings. The SMILES string of the molecule is CC(C)(C)OC(=O)N1CCC(CNC(=O)OCC2c3ccccc3-c3ccccc32)(CC(=O)O)CC1. The highest BCUT2D eigenvalue weighted by molar-refractivity contribution is 5.79. The molecule has 0 atom stereocenters. The van der Waals surface area contributed by atoms with Crippen LogP contribution in [0.3, 0.4) is 0 Å². The summed E-state index contributed by atoms with van der Waals surface area (Å²) in [6.45, 7) is 6.52. The number of carboxylic acid groups (broad SMARTS) is 1. The van der Waals surface area contributed by atoms with E-state index in [0.717, 1.165) is 22.3 Å². The Balaban J connectivity index is 1.34. The summed E-state index contributed by atoms with van der Waals surface area (Å²) in [6, 6.07) is 16.2. The molecule has 0 aromatic heterocycles. The lowest BCUT2D eigenvalue weighted by Crippen LogP contribution is -2.49. The number of carbonyl (C=O) groups is 3. The van der Waals surface area contributed by atoms with Crippen molar-refractivity contribution in [1.29, 1.82) is 0 Å². The van der Waals surface area contributed by atoms with Crippen LogP contribution >= 0.6 is 0 Å². The fourth-order valence-corrected chi connectivity index (χ4v) is 5.14. The quantitative estimate of drug-likeness (QED) is 0.584. The highest BCUT2D eigenvalue weighted by Gasteiger charge is 2.39. The van der Waals surface area contributed by atoms with Crippen LogP contribution in [0.25, 0.3) is 11.1 Å². The number of ether oxygens (including phenoxy) is 2. The minimum Gasteiger partial charge on any atom is -0.481 e. The van der Waals surface area contributed by atoms with Crippen LogP contribution in [0.4, 0.5) is 9.59 Å². The molecule has 1 aliphatic carbocycles. The smallest absolute Gasteiger partial charge is 0.410 e. The predicted octanol–water partition coefficient (Wildman–Crippen LogP) is 5.02. The Kier molecular flexibility index (Phi) is 7.24. The number of nitrogens with zero attached hydrogens (tertiary/aromatic N) is 1. The van der Waals surface area contributed by atoms with Gasteiger partial charge in [0.15, 0.2) is 0 Å². The largest absolute Gasteiger partial charge is 0.481 e. The standard InChI is InChI=1S/C28H34N2O6/c1-27(2,3)36-26(34)30-14-12-28(13-15-30,16-24(31)32)18-29-25(33)35-17-23-21-10-6-4-8-19(21)20-9-5-7-11-22(20)23/h4-11,23H,12-18H2,1-3H3,(H,29,33)(H,31,32). The lowest BCUT2D eigenvalue weighted by molar-refractivity contribution is -0.140. The van der Waals surface area contributed by atoms with Crippen molar-refractivity contribution >= 4 is 18.2 Å². The predicted molar refractivity (Wildman–Crippen MR) is 135 cm³/mol. The Labute approximate surface area is 211 Å². The average Bonchev–Trinajstić information content (AvgIpc) is 3.14. The van der Waals surface area contributed by atoms with Gasteiger partial charge in [0.1, 0.15) is 12.2 Å². The molecule has 2 N–H and O–H groups in total. The molecule has 4 rings (SSSR count). The third-order valence-corrected chi connectivity index (χ3v) is 6.95. The fourth-order valence-electron chi connectivity index (χ4n) is 5.14. The van der Waals surface area contributed by atoms with Crippen molar-refractivity contribution in [1.82, 2.24) is 10.2 Å². The molecular weight excluding hydrogens is 460 g/mol.